The maximum atomic E-state index is 5.69. The Morgan fingerprint density at radius 2 is 1.69 bits per heavy atom. The lowest BCUT2D eigenvalue weighted by Crippen LogP contribution is -2.36. The van der Waals surface area contributed by atoms with Crippen molar-refractivity contribution in [3.8, 4) is 16.9 Å². The molecule has 0 spiro atoms. The highest BCUT2D eigenvalue weighted by molar-refractivity contribution is 5.95. The Kier molecular flexibility index (Phi) is 3.92. The molecule has 1 aliphatic carbocycles. The fourth-order valence-corrected chi connectivity index (χ4v) is 5.13. The van der Waals surface area contributed by atoms with E-state index in [0.29, 0.717) is 0 Å². The summed E-state index contributed by atoms with van der Waals surface area (Å²) in [6, 6.07) is 15.7. The number of hydrogen-bond acceptors (Lipinski definition) is 3. The summed E-state index contributed by atoms with van der Waals surface area (Å²) in [5, 5.41) is 0. The van der Waals surface area contributed by atoms with Crippen molar-refractivity contribution in [3.05, 3.63) is 70.3 Å². The van der Waals surface area contributed by atoms with Crippen molar-refractivity contribution < 1.29 is 4.74 Å². The van der Waals surface area contributed by atoms with Crippen LogP contribution in [0.2, 0.25) is 0 Å². The quantitative estimate of drug-likeness (QED) is 0.414. The lowest BCUT2D eigenvalue weighted by molar-refractivity contribution is 0.411. The van der Waals surface area contributed by atoms with Gasteiger partial charge in [-0.2, -0.15) is 0 Å². The van der Waals surface area contributed by atoms with Gasteiger partial charge in [0.25, 0.3) is 0 Å². The summed E-state index contributed by atoms with van der Waals surface area (Å²) < 4.78 is 5.69. The van der Waals surface area contributed by atoms with Crippen LogP contribution in [0.1, 0.15) is 34.7 Å². The van der Waals surface area contributed by atoms with Crippen LogP contribution < -0.4 is 14.5 Å². The van der Waals surface area contributed by atoms with Crippen LogP contribution in [0.4, 0.5) is 17.1 Å². The van der Waals surface area contributed by atoms with Crippen LogP contribution in [-0.4, -0.2) is 20.3 Å². The molecule has 2 aliphatic rings. The molecule has 0 radical (unpaired) electrons. The van der Waals surface area contributed by atoms with Crippen LogP contribution in [0, 0.1) is 20.8 Å². The SMILES string of the molecule is COc1cc(C)cc(N2c3c(ccc4c3Cc3c(C)cccc3-4)N(C)[C@@H]2C)c1C. The van der Waals surface area contributed by atoms with Crippen LogP contribution >= 0.6 is 0 Å². The molecular weight excluding hydrogens is 356 g/mol. The first-order chi connectivity index (χ1) is 13.9. The van der Waals surface area contributed by atoms with E-state index in [-0.39, 0.29) is 6.17 Å². The zero-order chi connectivity index (χ0) is 20.4. The number of fused-ring (bicyclic) bond motifs is 5. The molecule has 3 nitrogen and oxygen atoms in total. The molecule has 0 unspecified atom stereocenters. The van der Waals surface area contributed by atoms with E-state index in [1.807, 2.05) is 0 Å². The second-order valence-electron chi connectivity index (χ2n) is 8.46. The molecule has 3 heteroatoms. The van der Waals surface area contributed by atoms with Gasteiger partial charge in [-0.05, 0) is 79.3 Å². The minimum Gasteiger partial charge on any atom is -0.496 e. The molecule has 1 heterocycles. The number of ether oxygens (including phenoxy) is 1. The zero-order valence-electron chi connectivity index (χ0n) is 18.1. The van der Waals surface area contributed by atoms with Crippen molar-refractivity contribution in [3.63, 3.8) is 0 Å². The topological polar surface area (TPSA) is 15.7 Å². The Morgan fingerprint density at radius 1 is 0.931 bits per heavy atom. The Morgan fingerprint density at radius 3 is 2.45 bits per heavy atom. The first kappa shape index (κ1) is 18.1. The summed E-state index contributed by atoms with van der Waals surface area (Å²) in [6.07, 6.45) is 1.24. The third-order valence-corrected chi connectivity index (χ3v) is 6.83. The summed E-state index contributed by atoms with van der Waals surface area (Å²) >= 11 is 0. The average molecular weight is 385 g/mol. The van der Waals surface area contributed by atoms with Crippen molar-refractivity contribution in [2.24, 2.45) is 0 Å². The summed E-state index contributed by atoms with van der Waals surface area (Å²) in [5.74, 6) is 0.954. The van der Waals surface area contributed by atoms with Gasteiger partial charge < -0.3 is 14.5 Å². The fourth-order valence-electron chi connectivity index (χ4n) is 5.13. The van der Waals surface area contributed by atoms with Gasteiger partial charge in [-0.25, -0.2) is 0 Å². The summed E-state index contributed by atoms with van der Waals surface area (Å²) in [4.78, 5) is 4.90. The van der Waals surface area contributed by atoms with Crippen LogP contribution in [0.5, 0.6) is 5.75 Å². The summed E-state index contributed by atoms with van der Waals surface area (Å²) in [7, 11) is 3.96. The standard InChI is InChI=1S/C26H28N2O/c1-15-12-24(17(3)25(13-15)29-6)28-18(4)27(5)23-11-10-20-19-9-7-8-16(2)21(19)14-22(20)26(23)28/h7-13,18H,14H2,1-6H3/t18-/m0/s1. The number of nitrogens with zero attached hydrogens (tertiary/aromatic N) is 2. The third kappa shape index (κ3) is 2.43. The number of anilines is 3. The van der Waals surface area contributed by atoms with Crippen LogP contribution in [0.15, 0.2) is 42.5 Å². The van der Waals surface area contributed by atoms with Gasteiger partial charge in [0.2, 0.25) is 0 Å². The van der Waals surface area contributed by atoms with Gasteiger partial charge in [-0.1, -0.05) is 24.3 Å². The third-order valence-electron chi connectivity index (χ3n) is 6.83. The van der Waals surface area contributed by atoms with Crippen molar-refractivity contribution in [1.82, 2.24) is 0 Å². The normalized spacial score (nSPS) is 16.7. The summed E-state index contributed by atoms with van der Waals surface area (Å²) in [6.45, 7) is 8.83. The van der Waals surface area contributed by atoms with Gasteiger partial charge in [0.05, 0.1) is 18.5 Å². The Balaban J connectivity index is 1.76. The van der Waals surface area contributed by atoms with Crippen molar-refractivity contribution in [2.45, 2.75) is 40.3 Å². The second-order valence-corrected chi connectivity index (χ2v) is 8.46. The van der Waals surface area contributed by atoms with E-state index < -0.39 is 0 Å². The van der Waals surface area contributed by atoms with E-state index in [2.05, 4.69) is 87.0 Å². The summed E-state index contributed by atoms with van der Waals surface area (Å²) in [5.41, 5.74) is 13.4. The van der Waals surface area contributed by atoms with Gasteiger partial charge in [0.1, 0.15) is 11.9 Å². The highest BCUT2D eigenvalue weighted by atomic mass is 16.5. The Hall–Kier alpha value is -2.94. The molecule has 0 fully saturated rings. The van der Waals surface area contributed by atoms with Crippen LogP contribution in [0.25, 0.3) is 11.1 Å². The van der Waals surface area contributed by atoms with E-state index in [4.69, 9.17) is 4.74 Å². The predicted molar refractivity (Wildman–Crippen MR) is 122 cm³/mol. The minimum atomic E-state index is 0.242. The number of hydrogen-bond donors (Lipinski definition) is 0. The van der Waals surface area contributed by atoms with Gasteiger partial charge in [0.15, 0.2) is 0 Å². The van der Waals surface area contributed by atoms with Gasteiger partial charge in [-0.15, -0.1) is 0 Å². The van der Waals surface area contributed by atoms with Crippen molar-refractivity contribution in [1.29, 1.82) is 0 Å². The van der Waals surface area contributed by atoms with Gasteiger partial charge in [-0.3, -0.25) is 0 Å². The lowest BCUT2D eigenvalue weighted by atomic mass is 10.0. The van der Waals surface area contributed by atoms with E-state index in [1.165, 1.54) is 56.0 Å². The predicted octanol–water partition coefficient (Wildman–Crippen LogP) is 6.13. The van der Waals surface area contributed by atoms with E-state index in [0.717, 1.165) is 12.2 Å². The first-order valence-electron chi connectivity index (χ1n) is 10.3. The molecule has 0 saturated carbocycles. The molecule has 0 amide bonds. The monoisotopic (exact) mass is 384 g/mol. The molecule has 0 N–H and O–H groups in total. The molecule has 3 aromatic carbocycles. The lowest BCUT2D eigenvalue weighted by Gasteiger charge is -2.30. The van der Waals surface area contributed by atoms with Crippen molar-refractivity contribution in [2.75, 3.05) is 24.0 Å². The molecule has 0 saturated heterocycles. The molecular formula is C26H28N2O. The van der Waals surface area contributed by atoms with Gasteiger partial charge in [0, 0.05) is 24.7 Å². The Bertz CT molecular complexity index is 1150. The molecule has 29 heavy (non-hydrogen) atoms. The highest BCUT2D eigenvalue weighted by Crippen LogP contribution is 2.53. The van der Waals surface area contributed by atoms with Gasteiger partial charge >= 0.3 is 0 Å². The Labute approximate surface area is 173 Å². The maximum Gasteiger partial charge on any atom is 0.124 e. The highest BCUT2D eigenvalue weighted by Gasteiger charge is 2.37. The molecule has 5 rings (SSSR count). The largest absolute Gasteiger partial charge is 0.496 e. The molecule has 1 aliphatic heterocycles. The van der Waals surface area contributed by atoms with E-state index >= 15 is 0 Å². The van der Waals surface area contributed by atoms with Crippen molar-refractivity contribution >= 4 is 17.1 Å². The molecule has 3 aromatic rings. The molecule has 0 aromatic heterocycles. The zero-order valence-corrected chi connectivity index (χ0v) is 18.1. The molecule has 1 atom stereocenters. The molecule has 148 valence electrons. The van der Waals surface area contributed by atoms with Crippen LogP contribution in [0.3, 0.4) is 0 Å². The van der Waals surface area contributed by atoms with Crippen LogP contribution in [-0.2, 0) is 6.42 Å². The van der Waals surface area contributed by atoms with E-state index in [1.54, 1.807) is 7.11 Å². The van der Waals surface area contributed by atoms with E-state index in [9.17, 15) is 0 Å². The smallest absolute Gasteiger partial charge is 0.124 e. The number of rotatable bonds is 2. The minimum absolute atomic E-state index is 0.242. The first-order valence-corrected chi connectivity index (χ1v) is 10.3. The maximum absolute atomic E-state index is 5.69. The number of aryl methyl sites for hydroxylation is 2. The molecule has 0 bridgehead atoms. The fraction of sp³-hybridized carbons (Fsp3) is 0.308. The number of methoxy groups -OCH3 is 1. The average Bonchev–Trinajstić information content (AvgIpc) is 3.21. The second kappa shape index (κ2) is 6.28. The number of benzene rings is 3.